The van der Waals surface area contributed by atoms with Crippen molar-refractivity contribution in [1.82, 2.24) is 0 Å². The van der Waals surface area contributed by atoms with Crippen molar-refractivity contribution in [3.05, 3.63) is 47.0 Å². The Labute approximate surface area is 157 Å². The van der Waals surface area contributed by atoms with Gasteiger partial charge in [-0.2, -0.15) is 0 Å². The van der Waals surface area contributed by atoms with Gasteiger partial charge in [0.2, 0.25) is 5.75 Å². The van der Waals surface area contributed by atoms with Crippen molar-refractivity contribution < 1.29 is 28.6 Å². The van der Waals surface area contributed by atoms with Crippen molar-refractivity contribution in [2.24, 2.45) is 5.16 Å². The number of nitrogens with zero attached hydrogens (tertiary/aromatic N) is 1. The third-order valence-corrected chi connectivity index (χ3v) is 4.39. The molecule has 0 aliphatic heterocycles. The largest absolute Gasteiger partial charge is 0.497 e. The van der Waals surface area contributed by atoms with E-state index in [1.165, 1.54) is 33.5 Å². The van der Waals surface area contributed by atoms with Gasteiger partial charge in [-0.1, -0.05) is 5.16 Å². The summed E-state index contributed by atoms with van der Waals surface area (Å²) in [5, 5.41) is 4.06. The lowest BCUT2D eigenvalue weighted by Gasteiger charge is -2.13. The number of carbonyl (C=O) groups excluding carboxylic acids is 1. The second-order valence-electron chi connectivity index (χ2n) is 5.85. The molecule has 0 heterocycles. The second kappa shape index (κ2) is 7.99. The van der Waals surface area contributed by atoms with Gasteiger partial charge in [-0.05, 0) is 48.7 Å². The molecule has 0 saturated carbocycles. The van der Waals surface area contributed by atoms with Crippen LogP contribution in [0.5, 0.6) is 23.0 Å². The van der Waals surface area contributed by atoms with E-state index in [-0.39, 0.29) is 5.56 Å². The first kappa shape index (κ1) is 18.6. The summed E-state index contributed by atoms with van der Waals surface area (Å²) in [7, 11) is 6.09. The van der Waals surface area contributed by atoms with E-state index in [9.17, 15) is 4.79 Å². The quantitative estimate of drug-likeness (QED) is 0.573. The summed E-state index contributed by atoms with van der Waals surface area (Å²) in [6.45, 7) is 0. The zero-order valence-electron chi connectivity index (χ0n) is 15.7. The van der Waals surface area contributed by atoms with Crippen molar-refractivity contribution >= 4 is 11.7 Å². The molecule has 142 valence electrons. The van der Waals surface area contributed by atoms with Crippen molar-refractivity contribution in [2.75, 3.05) is 28.4 Å². The maximum absolute atomic E-state index is 12.4. The lowest BCUT2D eigenvalue weighted by molar-refractivity contribution is 0.0515. The number of oxime groups is 1. The zero-order chi connectivity index (χ0) is 19.4. The summed E-state index contributed by atoms with van der Waals surface area (Å²) in [5.74, 6) is 1.33. The Morgan fingerprint density at radius 3 is 2.19 bits per heavy atom. The molecule has 1 aliphatic rings. The van der Waals surface area contributed by atoms with Gasteiger partial charge in [0.25, 0.3) is 0 Å². The average Bonchev–Trinajstić information content (AvgIpc) is 3.12. The molecule has 0 radical (unpaired) electrons. The normalized spacial score (nSPS) is 13.9. The number of rotatable bonds is 6. The highest BCUT2D eigenvalue weighted by Gasteiger charge is 2.21. The van der Waals surface area contributed by atoms with E-state index in [1.807, 2.05) is 18.2 Å². The maximum atomic E-state index is 12.4. The lowest BCUT2D eigenvalue weighted by Crippen LogP contribution is -2.06. The van der Waals surface area contributed by atoms with Crippen LogP contribution in [0.1, 0.15) is 27.9 Å². The SMILES string of the molecule is COc1ccc2c(c1)CCC2=NOC(=O)c1cc(OC)c(OC)c(OC)c1. The Balaban J connectivity index is 1.82. The fourth-order valence-electron chi connectivity index (χ4n) is 3.02. The van der Waals surface area contributed by atoms with Crippen LogP contribution in [-0.4, -0.2) is 40.1 Å². The fourth-order valence-corrected chi connectivity index (χ4v) is 3.02. The zero-order valence-corrected chi connectivity index (χ0v) is 15.7. The fraction of sp³-hybridized carbons (Fsp3) is 0.300. The van der Waals surface area contributed by atoms with Gasteiger partial charge in [-0.15, -0.1) is 0 Å². The van der Waals surface area contributed by atoms with Crippen molar-refractivity contribution in [1.29, 1.82) is 0 Å². The van der Waals surface area contributed by atoms with Crippen molar-refractivity contribution in [3.8, 4) is 23.0 Å². The molecule has 27 heavy (non-hydrogen) atoms. The van der Waals surface area contributed by atoms with Crippen LogP contribution in [0.15, 0.2) is 35.5 Å². The Kier molecular flexibility index (Phi) is 5.49. The summed E-state index contributed by atoms with van der Waals surface area (Å²) < 4.78 is 21.0. The minimum absolute atomic E-state index is 0.252. The molecular weight excluding hydrogens is 350 g/mol. The minimum Gasteiger partial charge on any atom is -0.497 e. The van der Waals surface area contributed by atoms with Gasteiger partial charge in [0.15, 0.2) is 11.5 Å². The topological polar surface area (TPSA) is 75.6 Å². The van der Waals surface area contributed by atoms with Crippen LogP contribution in [-0.2, 0) is 11.3 Å². The maximum Gasteiger partial charge on any atom is 0.366 e. The highest BCUT2D eigenvalue weighted by molar-refractivity contribution is 6.05. The molecule has 0 atom stereocenters. The molecule has 0 N–H and O–H groups in total. The molecule has 0 amide bonds. The molecule has 7 heteroatoms. The summed E-state index contributed by atoms with van der Waals surface area (Å²) >= 11 is 0. The van der Waals surface area contributed by atoms with Gasteiger partial charge in [-0.25, -0.2) is 4.79 Å². The summed E-state index contributed by atoms with van der Waals surface area (Å²) in [6.07, 6.45) is 1.53. The van der Waals surface area contributed by atoms with Gasteiger partial charge in [0.05, 0.1) is 39.7 Å². The average molecular weight is 371 g/mol. The van der Waals surface area contributed by atoms with Gasteiger partial charge in [0.1, 0.15) is 5.75 Å². The van der Waals surface area contributed by atoms with E-state index in [1.54, 1.807) is 7.11 Å². The first-order valence-electron chi connectivity index (χ1n) is 8.36. The van der Waals surface area contributed by atoms with Crippen LogP contribution in [0.25, 0.3) is 0 Å². The molecule has 0 spiro atoms. The Bertz CT molecular complexity index is 865. The molecule has 0 fully saturated rings. The van der Waals surface area contributed by atoms with Crippen LogP contribution >= 0.6 is 0 Å². The Morgan fingerprint density at radius 1 is 0.889 bits per heavy atom. The number of hydrogen-bond donors (Lipinski definition) is 0. The molecule has 0 unspecified atom stereocenters. The number of hydrogen-bond acceptors (Lipinski definition) is 7. The van der Waals surface area contributed by atoms with Crippen LogP contribution in [0.2, 0.25) is 0 Å². The monoisotopic (exact) mass is 371 g/mol. The van der Waals surface area contributed by atoms with Crippen molar-refractivity contribution in [3.63, 3.8) is 0 Å². The number of aryl methyl sites for hydroxylation is 1. The number of carbonyl (C=O) groups is 1. The third-order valence-electron chi connectivity index (χ3n) is 4.39. The lowest BCUT2D eigenvalue weighted by atomic mass is 10.1. The summed E-state index contributed by atoms with van der Waals surface area (Å²) in [5.41, 5.74) is 3.07. The van der Waals surface area contributed by atoms with Crippen LogP contribution in [0.3, 0.4) is 0 Å². The van der Waals surface area contributed by atoms with Crippen LogP contribution in [0.4, 0.5) is 0 Å². The highest BCUT2D eigenvalue weighted by atomic mass is 16.7. The minimum atomic E-state index is -0.608. The summed E-state index contributed by atoms with van der Waals surface area (Å²) in [4.78, 5) is 17.6. The molecule has 3 rings (SSSR count). The molecule has 0 saturated heterocycles. The molecule has 7 nitrogen and oxygen atoms in total. The van der Waals surface area contributed by atoms with Gasteiger partial charge in [-0.3, -0.25) is 0 Å². The third kappa shape index (κ3) is 3.67. The Morgan fingerprint density at radius 2 is 1.59 bits per heavy atom. The van der Waals surface area contributed by atoms with Gasteiger partial charge in [0, 0.05) is 5.56 Å². The van der Waals surface area contributed by atoms with Crippen molar-refractivity contribution in [2.45, 2.75) is 12.8 Å². The van der Waals surface area contributed by atoms with E-state index in [0.29, 0.717) is 23.7 Å². The van der Waals surface area contributed by atoms with Gasteiger partial charge >= 0.3 is 5.97 Å². The van der Waals surface area contributed by atoms with Gasteiger partial charge < -0.3 is 23.8 Å². The molecule has 2 aromatic rings. The number of methoxy groups -OCH3 is 4. The standard InChI is InChI=1S/C20H21NO6/c1-23-14-6-7-15-12(9-14)5-8-16(15)21-27-20(22)13-10-17(24-2)19(26-4)18(11-13)25-3/h6-7,9-11H,5,8H2,1-4H3. The predicted octanol–water partition coefficient (Wildman–Crippen LogP) is 3.23. The molecule has 0 bridgehead atoms. The molecule has 1 aliphatic carbocycles. The van der Waals surface area contributed by atoms with Crippen LogP contribution < -0.4 is 18.9 Å². The van der Waals surface area contributed by atoms with E-state index >= 15 is 0 Å². The van der Waals surface area contributed by atoms with Crippen LogP contribution in [0, 0.1) is 0 Å². The smallest absolute Gasteiger partial charge is 0.366 e. The Hall–Kier alpha value is -3.22. The van der Waals surface area contributed by atoms with E-state index in [2.05, 4.69) is 5.16 Å². The number of fused-ring (bicyclic) bond motifs is 1. The van der Waals surface area contributed by atoms with E-state index < -0.39 is 5.97 Å². The second-order valence-corrected chi connectivity index (χ2v) is 5.85. The first-order chi connectivity index (χ1) is 13.1. The molecule has 0 aromatic heterocycles. The first-order valence-corrected chi connectivity index (χ1v) is 8.36. The predicted molar refractivity (Wildman–Crippen MR) is 99.4 cm³/mol. The number of benzene rings is 2. The summed E-state index contributed by atoms with van der Waals surface area (Å²) in [6, 6.07) is 8.81. The molecule has 2 aromatic carbocycles. The highest BCUT2D eigenvalue weighted by Crippen LogP contribution is 2.38. The number of ether oxygens (including phenoxy) is 4. The van der Waals surface area contributed by atoms with E-state index in [4.69, 9.17) is 23.8 Å². The molecular formula is C20H21NO6. The van der Waals surface area contributed by atoms with E-state index in [0.717, 1.165) is 29.0 Å².